The van der Waals surface area contributed by atoms with E-state index in [1.165, 1.54) is 6.92 Å². The highest BCUT2D eigenvalue weighted by molar-refractivity contribution is 9.10. The van der Waals surface area contributed by atoms with E-state index in [0.717, 1.165) is 0 Å². The van der Waals surface area contributed by atoms with Crippen LogP contribution in [0.1, 0.15) is 24.8 Å². The fourth-order valence-electron chi connectivity index (χ4n) is 2.40. The van der Waals surface area contributed by atoms with Gasteiger partial charge in [0.25, 0.3) is 0 Å². The Hall–Kier alpha value is -1.83. The first-order chi connectivity index (χ1) is 10.7. The van der Waals surface area contributed by atoms with Crippen LogP contribution in [0, 0.1) is 0 Å². The predicted molar refractivity (Wildman–Crippen MR) is 79.4 cm³/mol. The number of nitrogens with one attached hydrogen (secondary N) is 1. The number of ether oxygens (including phenoxy) is 1. The number of allylic oxidation sites excluding steroid dienone is 1. The van der Waals surface area contributed by atoms with E-state index in [1.807, 2.05) is 0 Å². The van der Waals surface area contributed by atoms with Crippen LogP contribution in [0.5, 0.6) is 0 Å². The second-order valence-electron chi connectivity index (χ2n) is 4.87. The Kier molecular flexibility index (Phi) is 5.13. The third-order valence-electron chi connectivity index (χ3n) is 3.30. The van der Waals surface area contributed by atoms with Crippen molar-refractivity contribution in [3.8, 4) is 0 Å². The molecule has 1 aliphatic heterocycles. The second kappa shape index (κ2) is 6.74. The van der Waals surface area contributed by atoms with Crippen LogP contribution in [-0.2, 0) is 14.3 Å². The van der Waals surface area contributed by atoms with Gasteiger partial charge in [-0.15, -0.1) is 0 Å². The van der Waals surface area contributed by atoms with Gasteiger partial charge >= 0.3 is 12.1 Å². The molecule has 0 saturated carbocycles. The third-order valence-corrected chi connectivity index (χ3v) is 3.79. The summed E-state index contributed by atoms with van der Waals surface area (Å²) >= 11 is 3.23. The molecule has 8 heteroatoms. The molecule has 2 rings (SSSR count). The number of halogens is 4. The number of carbonyl (C=O) groups is 2. The lowest BCUT2D eigenvalue weighted by molar-refractivity contribution is -0.142. The van der Waals surface area contributed by atoms with E-state index in [4.69, 9.17) is 4.74 Å². The molecule has 1 aromatic carbocycles. The van der Waals surface area contributed by atoms with Crippen molar-refractivity contribution in [3.05, 3.63) is 45.6 Å². The van der Waals surface area contributed by atoms with Crippen LogP contribution in [0.2, 0.25) is 0 Å². The average Bonchev–Trinajstić information content (AvgIpc) is 2.45. The maximum absolute atomic E-state index is 13.2. The van der Waals surface area contributed by atoms with Gasteiger partial charge in [0.2, 0.25) is 5.91 Å². The van der Waals surface area contributed by atoms with Crippen LogP contribution >= 0.6 is 15.9 Å². The first kappa shape index (κ1) is 17.5. The summed E-state index contributed by atoms with van der Waals surface area (Å²) < 4.78 is 45.1. The van der Waals surface area contributed by atoms with Crippen molar-refractivity contribution >= 4 is 27.8 Å². The Morgan fingerprint density at radius 2 is 2.13 bits per heavy atom. The summed E-state index contributed by atoms with van der Waals surface area (Å²) in [5.41, 5.74) is -1.49. The number of hydrogen-bond acceptors (Lipinski definition) is 3. The molecule has 4 nitrogen and oxygen atoms in total. The number of carbonyl (C=O) groups excluding carboxylic acids is 2. The van der Waals surface area contributed by atoms with Crippen LogP contribution < -0.4 is 5.32 Å². The summed E-state index contributed by atoms with van der Waals surface area (Å²) in [6, 6.07) is 6.48. The van der Waals surface area contributed by atoms with E-state index in [-0.39, 0.29) is 13.0 Å². The molecular weight excluding hydrogens is 379 g/mol. The first-order valence-electron chi connectivity index (χ1n) is 6.77. The minimum absolute atomic E-state index is 0.0629. The van der Waals surface area contributed by atoms with Gasteiger partial charge in [0.15, 0.2) is 0 Å². The zero-order valence-corrected chi connectivity index (χ0v) is 13.6. The summed E-state index contributed by atoms with van der Waals surface area (Å²) in [6.07, 6.45) is -5.12. The molecule has 1 amide bonds. The van der Waals surface area contributed by atoms with Gasteiger partial charge in [0.1, 0.15) is 5.70 Å². The zero-order valence-electron chi connectivity index (χ0n) is 12.0. The predicted octanol–water partition coefficient (Wildman–Crippen LogP) is 3.43. The van der Waals surface area contributed by atoms with Gasteiger partial charge in [-0.05, 0) is 24.6 Å². The zero-order chi connectivity index (χ0) is 17.2. The van der Waals surface area contributed by atoms with Crippen molar-refractivity contribution in [1.29, 1.82) is 0 Å². The van der Waals surface area contributed by atoms with Crippen molar-refractivity contribution in [1.82, 2.24) is 5.32 Å². The summed E-state index contributed by atoms with van der Waals surface area (Å²) in [6.45, 7) is 1.44. The largest absolute Gasteiger partial charge is 0.463 e. The van der Waals surface area contributed by atoms with Crippen LogP contribution in [0.15, 0.2) is 40.0 Å². The highest BCUT2D eigenvalue weighted by Crippen LogP contribution is 2.39. The summed E-state index contributed by atoms with van der Waals surface area (Å²) in [4.78, 5) is 23.8. The standard InChI is InChI=1S/C15H13BrF3NO3/c1-2-23-14(22)12-10(8-4-3-5-9(16)6-8)7-11(21)20-13(12)15(17,18)19/h3-6,10H,2,7H2,1H3,(H,20,21)/t10-/m1/s1. The summed E-state index contributed by atoms with van der Waals surface area (Å²) in [5.74, 6) is -2.89. The van der Waals surface area contributed by atoms with Crippen molar-refractivity contribution in [2.75, 3.05) is 6.61 Å². The smallest absolute Gasteiger partial charge is 0.431 e. The molecule has 1 N–H and O–H groups in total. The maximum Gasteiger partial charge on any atom is 0.431 e. The fourth-order valence-corrected chi connectivity index (χ4v) is 2.82. The van der Waals surface area contributed by atoms with E-state index in [2.05, 4.69) is 15.9 Å². The lowest BCUT2D eigenvalue weighted by Gasteiger charge is -2.28. The van der Waals surface area contributed by atoms with Gasteiger partial charge in [-0.2, -0.15) is 13.2 Å². The minimum atomic E-state index is -4.86. The Bertz CT molecular complexity index is 670. The molecule has 124 valence electrons. The highest BCUT2D eigenvalue weighted by atomic mass is 79.9. The molecule has 1 atom stereocenters. The number of hydrogen-bond donors (Lipinski definition) is 1. The van der Waals surface area contributed by atoms with Gasteiger partial charge in [0, 0.05) is 16.8 Å². The van der Waals surface area contributed by atoms with E-state index >= 15 is 0 Å². The number of esters is 1. The van der Waals surface area contributed by atoms with Crippen molar-refractivity contribution in [2.24, 2.45) is 0 Å². The van der Waals surface area contributed by atoms with Gasteiger partial charge < -0.3 is 10.1 Å². The van der Waals surface area contributed by atoms with E-state index in [9.17, 15) is 22.8 Å². The molecular formula is C15H13BrF3NO3. The molecule has 0 aliphatic carbocycles. The Morgan fingerprint density at radius 3 is 2.70 bits per heavy atom. The molecule has 0 spiro atoms. The highest BCUT2D eigenvalue weighted by Gasteiger charge is 2.45. The molecule has 0 radical (unpaired) electrons. The first-order valence-corrected chi connectivity index (χ1v) is 7.57. The van der Waals surface area contributed by atoms with Gasteiger partial charge in [-0.1, -0.05) is 28.1 Å². The summed E-state index contributed by atoms with van der Waals surface area (Å²) in [7, 11) is 0. The van der Waals surface area contributed by atoms with Gasteiger partial charge in [0.05, 0.1) is 12.2 Å². The third kappa shape index (κ3) is 3.93. The second-order valence-corrected chi connectivity index (χ2v) is 5.78. The number of alkyl halides is 3. The molecule has 1 aromatic rings. The molecule has 0 aromatic heterocycles. The maximum atomic E-state index is 13.2. The van der Waals surface area contributed by atoms with Crippen LogP contribution in [0.3, 0.4) is 0 Å². The molecule has 0 fully saturated rings. The molecule has 1 heterocycles. The molecule has 1 aliphatic rings. The van der Waals surface area contributed by atoms with Crippen molar-refractivity contribution < 1.29 is 27.5 Å². The van der Waals surface area contributed by atoms with Crippen LogP contribution in [0.4, 0.5) is 13.2 Å². The topological polar surface area (TPSA) is 55.4 Å². The number of benzene rings is 1. The van der Waals surface area contributed by atoms with Gasteiger partial charge in [-0.25, -0.2) is 4.79 Å². The fraction of sp³-hybridized carbons (Fsp3) is 0.333. The molecule has 0 saturated heterocycles. The van der Waals surface area contributed by atoms with Crippen molar-refractivity contribution in [2.45, 2.75) is 25.4 Å². The van der Waals surface area contributed by atoms with Crippen LogP contribution in [-0.4, -0.2) is 24.7 Å². The van der Waals surface area contributed by atoms with Gasteiger partial charge in [-0.3, -0.25) is 4.79 Å². The van der Waals surface area contributed by atoms with Crippen LogP contribution in [0.25, 0.3) is 0 Å². The van der Waals surface area contributed by atoms with E-state index in [0.29, 0.717) is 10.0 Å². The molecule has 0 bridgehead atoms. The SMILES string of the molecule is CCOC(=O)C1=C(C(F)(F)F)NC(=O)C[C@@H]1c1cccc(Br)c1. The molecule has 0 unspecified atom stereocenters. The average molecular weight is 392 g/mol. The summed E-state index contributed by atoms with van der Waals surface area (Å²) in [5, 5.41) is 1.76. The minimum Gasteiger partial charge on any atom is -0.463 e. The lowest BCUT2D eigenvalue weighted by atomic mass is 9.84. The Labute approximate surface area is 138 Å². The van der Waals surface area contributed by atoms with Crippen molar-refractivity contribution in [3.63, 3.8) is 0 Å². The quantitative estimate of drug-likeness (QED) is 0.803. The van der Waals surface area contributed by atoms with E-state index < -0.39 is 35.2 Å². The Morgan fingerprint density at radius 1 is 1.43 bits per heavy atom. The number of rotatable bonds is 3. The molecule has 23 heavy (non-hydrogen) atoms. The monoisotopic (exact) mass is 391 g/mol. The normalized spacial score (nSPS) is 18.7. The number of amides is 1. The van der Waals surface area contributed by atoms with E-state index in [1.54, 1.807) is 29.6 Å². The lowest BCUT2D eigenvalue weighted by Crippen LogP contribution is -2.41. The Balaban J connectivity index is 2.62.